The Morgan fingerprint density at radius 2 is 1.94 bits per heavy atom. The molecule has 1 atom stereocenters. The third kappa shape index (κ3) is 5.64. The molecule has 9 heteroatoms. The van der Waals surface area contributed by atoms with Crippen LogP contribution >= 0.6 is 34.9 Å². The van der Waals surface area contributed by atoms with E-state index >= 15 is 0 Å². The molecule has 0 aliphatic carbocycles. The van der Waals surface area contributed by atoms with Gasteiger partial charge in [0.2, 0.25) is 5.91 Å². The van der Waals surface area contributed by atoms with E-state index in [0.717, 1.165) is 45.4 Å². The number of hydrogen-bond acceptors (Lipinski definition) is 8. The molecule has 0 radical (unpaired) electrons. The lowest BCUT2D eigenvalue weighted by atomic mass is 9.90. The zero-order chi connectivity index (χ0) is 24.3. The van der Waals surface area contributed by atoms with Crippen LogP contribution in [0.15, 0.2) is 34.4 Å². The highest BCUT2D eigenvalue weighted by molar-refractivity contribution is 8.00. The maximum atomic E-state index is 12.7. The van der Waals surface area contributed by atoms with Gasteiger partial charge >= 0.3 is 0 Å². The first-order chi connectivity index (χ1) is 16.3. The molecule has 1 aliphatic rings. The topological polar surface area (TPSA) is 81.2 Å². The number of Topliss-reactive ketones (excluding diaryl/α,β-unsaturated/α-hetero) is 1. The predicted octanol–water partition coefficient (Wildman–Crippen LogP) is 6.37. The summed E-state index contributed by atoms with van der Waals surface area (Å²) in [7, 11) is 0. The first kappa shape index (κ1) is 25.2. The number of aromatic nitrogens is 2. The van der Waals surface area contributed by atoms with Gasteiger partial charge in [-0.3, -0.25) is 9.59 Å². The van der Waals surface area contributed by atoms with E-state index < -0.39 is 0 Å². The van der Waals surface area contributed by atoms with Gasteiger partial charge in [0.15, 0.2) is 10.9 Å². The van der Waals surface area contributed by atoms with Gasteiger partial charge < -0.3 is 10.1 Å². The number of ether oxygens (including phenoxy) is 1. The van der Waals surface area contributed by atoms with Gasteiger partial charge in [0.05, 0.1) is 18.0 Å². The van der Waals surface area contributed by atoms with Gasteiger partial charge in [-0.25, -0.2) is 9.97 Å². The molecule has 1 amide bonds. The van der Waals surface area contributed by atoms with Gasteiger partial charge in [-0.05, 0) is 56.5 Å². The van der Waals surface area contributed by atoms with Crippen LogP contribution in [0.25, 0.3) is 10.2 Å². The maximum absolute atomic E-state index is 12.7. The highest BCUT2D eigenvalue weighted by Gasteiger charge is 2.33. The minimum atomic E-state index is -0.192. The van der Waals surface area contributed by atoms with E-state index in [2.05, 4.69) is 26.1 Å². The van der Waals surface area contributed by atoms with Crippen molar-refractivity contribution >= 4 is 62.5 Å². The monoisotopic (exact) mass is 515 g/mol. The largest absolute Gasteiger partial charge is 0.369 e. The van der Waals surface area contributed by atoms with Gasteiger partial charge in [0.25, 0.3) is 0 Å². The van der Waals surface area contributed by atoms with Crippen molar-refractivity contribution in [3.63, 3.8) is 0 Å². The molecule has 180 valence electrons. The molecule has 0 spiro atoms. The number of fused-ring (bicyclic) bond motifs is 3. The molecule has 2 aromatic heterocycles. The Kier molecular flexibility index (Phi) is 7.97. The Bertz CT molecular complexity index is 1210. The number of thiophene rings is 1. The standard InChI is InChI=1S/C25H29N3O3S3/c1-5-11-32-24-27-22(33-14-20(30)26-17-9-7-16(8-10-17)15(3)29)21-18-12-25(4,6-2)31-13-19(18)34-23(21)28-24/h7-10H,5-6,11-14H2,1-4H3,(H,26,30). The number of anilines is 1. The number of ketones is 1. The van der Waals surface area contributed by atoms with Crippen molar-refractivity contribution in [1.82, 2.24) is 9.97 Å². The normalized spacial score (nSPS) is 17.5. The molecule has 34 heavy (non-hydrogen) atoms. The Labute approximate surface area is 212 Å². The second-order valence-electron chi connectivity index (χ2n) is 8.58. The molecule has 0 bridgehead atoms. The van der Waals surface area contributed by atoms with Gasteiger partial charge in [-0.15, -0.1) is 11.3 Å². The number of benzene rings is 1. The van der Waals surface area contributed by atoms with Crippen LogP contribution in [0, 0.1) is 0 Å². The Morgan fingerprint density at radius 1 is 1.18 bits per heavy atom. The molecule has 1 unspecified atom stereocenters. The van der Waals surface area contributed by atoms with Crippen LogP contribution in [0.5, 0.6) is 0 Å². The number of amides is 1. The summed E-state index contributed by atoms with van der Waals surface area (Å²) in [5.41, 5.74) is 2.37. The van der Waals surface area contributed by atoms with Crippen molar-refractivity contribution in [3.05, 3.63) is 40.3 Å². The molecule has 4 rings (SSSR count). The molecule has 0 fully saturated rings. The first-order valence-corrected chi connectivity index (χ1v) is 14.2. The number of hydrogen-bond donors (Lipinski definition) is 1. The van der Waals surface area contributed by atoms with Crippen LogP contribution in [0.2, 0.25) is 0 Å². The van der Waals surface area contributed by atoms with E-state index in [1.807, 2.05) is 0 Å². The summed E-state index contributed by atoms with van der Waals surface area (Å²) in [5.74, 6) is 1.08. The average molecular weight is 516 g/mol. The number of carbonyl (C=O) groups is 2. The number of carbonyl (C=O) groups excluding carboxylic acids is 2. The minimum Gasteiger partial charge on any atom is -0.369 e. The summed E-state index contributed by atoms with van der Waals surface area (Å²) in [6, 6.07) is 6.95. The molecule has 1 aliphatic heterocycles. The van der Waals surface area contributed by atoms with Crippen LogP contribution < -0.4 is 5.32 Å². The maximum Gasteiger partial charge on any atom is 0.234 e. The van der Waals surface area contributed by atoms with Gasteiger partial charge in [-0.1, -0.05) is 37.4 Å². The quantitative estimate of drug-likeness (QED) is 0.153. The van der Waals surface area contributed by atoms with Crippen LogP contribution in [0.1, 0.15) is 61.3 Å². The van der Waals surface area contributed by atoms with Crippen molar-refractivity contribution in [2.45, 2.75) is 69.3 Å². The molecule has 1 aromatic carbocycles. The third-order valence-corrected chi connectivity index (χ3v) is 9.01. The number of thioether (sulfide) groups is 2. The average Bonchev–Trinajstić information content (AvgIpc) is 3.19. The molecule has 3 heterocycles. The van der Waals surface area contributed by atoms with Crippen LogP contribution in [-0.4, -0.2) is 38.8 Å². The fourth-order valence-corrected chi connectivity index (χ4v) is 6.57. The Morgan fingerprint density at radius 3 is 2.62 bits per heavy atom. The summed E-state index contributed by atoms with van der Waals surface area (Å²) in [6.07, 6.45) is 2.80. The van der Waals surface area contributed by atoms with E-state index in [-0.39, 0.29) is 23.0 Å². The van der Waals surface area contributed by atoms with Crippen molar-refractivity contribution in [2.24, 2.45) is 0 Å². The summed E-state index contributed by atoms with van der Waals surface area (Å²) >= 11 is 4.79. The van der Waals surface area contributed by atoms with Gasteiger partial charge in [0, 0.05) is 33.7 Å². The van der Waals surface area contributed by atoms with Crippen LogP contribution in [0.3, 0.4) is 0 Å². The summed E-state index contributed by atoms with van der Waals surface area (Å²) in [6.45, 7) is 8.57. The van der Waals surface area contributed by atoms with E-state index in [0.29, 0.717) is 17.9 Å². The van der Waals surface area contributed by atoms with Crippen molar-refractivity contribution in [2.75, 3.05) is 16.8 Å². The van der Waals surface area contributed by atoms with E-state index in [9.17, 15) is 9.59 Å². The van der Waals surface area contributed by atoms with Crippen molar-refractivity contribution in [3.8, 4) is 0 Å². The number of nitrogens with zero attached hydrogens (tertiary/aromatic N) is 2. The smallest absolute Gasteiger partial charge is 0.234 e. The van der Waals surface area contributed by atoms with Crippen molar-refractivity contribution in [1.29, 1.82) is 0 Å². The fraction of sp³-hybridized carbons (Fsp3) is 0.440. The molecular weight excluding hydrogens is 486 g/mol. The zero-order valence-electron chi connectivity index (χ0n) is 19.9. The Balaban J connectivity index is 1.57. The third-order valence-electron chi connectivity index (χ3n) is 5.88. The summed E-state index contributed by atoms with van der Waals surface area (Å²) < 4.78 is 6.16. The fourth-order valence-electron chi connectivity index (χ4n) is 3.73. The molecule has 0 saturated heterocycles. The van der Waals surface area contributed by atoms with E-state index in [1.165, 1.54) is 29.1 Å². The first-order valence-electron chi connectivity index (χ1n) is 11.4. The lowest BCUT2D eigenvalue weighted by Crippen LogP contribution is -2.33. The molecule has 3 aromatic rings. The van der Waals surface area contributed by atoms with Crippen LogP contribution in [-0.2, 0) is 22.6 Å². The van der Waals surface area contributed by atoms with Gasteiger partial charge in [-0.2, -0.15) is 0 Å². The minimum absolute atomic E-state index is 0.00150. The second kappa shape index (κ2) is 10.8. The molecule has 6 nitrogen and oxygen atoms in total. The number of nitrogens with one attached hydrogen (secondary N) is 1. The van der Waals surface area contributed by atoms with Gasteiger partial charge in [0.1, 0.15) is 9.86 Å². The molecule has 1 N–H and O–H groups in total. The SMILES string of the molecule is CCCSc1nc(SCC(=O)Nc2ccc(C(C)=O)cc2)c2c3c(sc2n1)COC(C)(CC)C3. The van der Waals surface area contributed by atoms with E-state index in [4.69, 9.17) is 14.7 Å². The highest BCUT2D eigenvalue weighted by atomic mass is 32.2. The van der Waals surface area contributed by atoms with E-state index in [1.54, 1.807) is 47.4 Å². The Hall–Kier alpha value is -1.94. The lowest BCUT2D eigenvalue weighted by Gasteiger charge is -2.33. The number of rotatable bonds is 9. The van der Waals surface area contributed by atoms with Crippen LogP contribution in [0.4, 0.5) is 5.69 Å². The summed E-state index contributed by atoms with van der Waals surface area (Å²) in [5, 5.41) is 5.62. The summed E-state index contributed by atoms with van der Waals surface area (Å²) in [4.78, 5) is 36.1. The predicted molar refractivity (Wildman–Crippen MR) is 141 cm³/mol. The highest BCUT2D eigenvalue weighted by Crippen LogP contribution is 2.43. The second-order valence-corrected chi connectivity index (χ2v) is 11.7. The zero-order valence-corrected chi connectivity index (χ0v) is 22.3. The lowest BCUT2D eigenvalue weighted by molar-refractivity contribution is -0.113. The molecular formula is C25H29N3O3S3. The van der Waals surface area contributed by atoms with Crippen molar-refractivity contribution < 1.29 is 14.3 Å². The molecule has 0 saturated carbocycles.